The highest BCUT2D eigenvalue weighted by atomic mass is 32.1. The Morgan fingerprint density at radius 3 is 2.56 bits per heavy atom. The molecule has 12 heteroatoms. The van der Waals surface area contributed by atoms with E-state index in [2.05, 4.69) is 0 Å². The van der Waals surface area contributed by atoms with Crippen LogP contribution < -0.4 is 9.64 Å². The van der Waals surface area contributed by atoms with E-state index in [1.165, 1.54) is 30.9 Å². The third-order valence-corrected chi connectivity index (χ3v) is 5.84. The highest BCUT2D eigenvalue weighted by Crippen LogP contribution is 2.41. The Bertz CT molecular complexity index is 1120. The zero-order valence-corrected chi connectivity index (χ0v) is 19.0. The van der Waals surface area contributed by atoms with Crippen molar-refractivity contribution in [3.8, 4) is 11.8 Å². The molecule has 2 N–H and O–H groups in total. The first-order valence-electron chi connectivity index (χ1n) is 10.1. The molecule has 1 saturated heterocycles. The van der Waals surface area contributed by atoms with Gasteiger partial charge in [0.1, 0.15) is 18.2 Å². The molecule has 182 valence electrons. The average Bonchev–Trinajstić information content (AvgIpc) is 2.95. The fourth-order valence-electron chi connectivity index (χ4n) is 3.73. The molecular weight excluding hydrogens is 478 g/mol. The van der Waals surface area contributed by atoms with E-state index in [9.17, 15) is 27.5 Å². The van der Waals surface area contributed by atoms with Gasteiger partial charge in [-0.2, -0.15) is 18.4 Å². The molecule has 1 aliphatic heterocycles. The molecule has 1 heterocycles. The van der Waals surface area contributed by atoms with E-state index < -0.39 is 47.3 Å². The van der Waals surface area contributed by atoms with Crippen LogP contribution in [0.5, 0.6) is 5.75 Å². The monoisotopic (exact) mass is 499 g/mol. The first-order valence-corrected chi connectivity index (χ1v) is 10.5. The molecule has 1 unspecified atom stereocenters. The lowest BCUT2D eigenvalue weighted by Gasteiger charge is -2.29. The van der Waals surface area contributed by atoms with Gasteiger partial charge in [0.2, 0.25) is 0 Å². The summed E-state index contributed by atoms with van der Waals surface area (Å²) in [4.78, 5) is 15.5. The van der Waals surface area contributed by atoms with Crippen LogP contribution in [0.15, 0.2) is 41.1 Å². The van der Waals surface area contributed by atoms with Gasteiger partial charge in [-0.05, 0) is 57.1 Å². The Morgan fingerprint density at radius 2 is 2.00 bits per heavy atom. The van der Waals surface area contributed by atoms with Gasteiger partial charge in [0.05, 0.1) is 18.2 Å². The van der Waals surface area contributed by atoms with Crippen molar-refractivity contribution >= 4 is 28.9 Å². The fourth-order valence-corrected chi connectivity index (χ4v) is 4.26. The molecule has 0 aromatic heterocycles. The second-order valence-corrected chi connectivity index (χ2v) is 8.58. The number of halogens is 4. The molecule has 1 aromatic rings. The Hall–Kier alpha value is -3.01. The van der Waals surface area contributed by atoms with Gasteiger partial charge in [-0.15, -0.1) is 0 Å². The zero-order valence-electron chi connectivity index (χ0n) is 18.2. The summed E-state index contributed by atoms with van der Waals surface area (Å²) >= 11 is 5.43. The normalized spacial score (nSPS) is 19.3. The molecule has 1 fully saturated rings. The number of hydrogen-bond donors (Lipinski definition) is 2. The smallest absolute Gasteiger partial charge is 0.417 e. The maximum Gasteiger partial charge on any atom is 0.417 e. The van der Waals surface area contributed by atoms with E-state index >= 15 is 0 Å². The minimum Gasteiger partial charge on any atom is -0.488 e. The average molecular weight is 499 g/mol. The Morgan fingerprint density at radius 1 is 1.32 bits per heavy atom. The summed E-state index contributed by atoms with van der Waals surface area (Å²) in [6, 6.07) is 5.28. The molecule has 0 spiro atoms. The Labute approximate surface area is 198 Å². The number of amides is 1. The number of nitrogens with zero attached hydrogens (tertiary/aromatic N) is 3. The first-order chi connectivity index (χ1) is 15.8. The number of rotatable bonds is 6. The van der Waals surface area contributed by atoms with Crippen molar-refractivity contribution in [2.75, 3.05) is 18.1 Å². The zero-order chi connectivity index (χ0) is 25.4. The number of alkyl halides is 3. The van der Waals surface area contributed by atoms with Crippen molar-refractivity contribution in [3.63, 3.8) is 0 Å². The number of aliphatic hydroxyl groups is 2. The summed E-state index contributed by atoms with van der Waals surface area (Å²) in [5, 5.41) is 27.1. The number of thiocarbonyl (C=S) groups is 1. The molecule has 0 saturated carbocycles. The van der Waals surface area contributed by atoms with Gasteiger partial charge < -0.3 is 19.8 Å². The molecule has 1 atom stereocenters. The van der Waals surface area contributed by atoms with E-state index in [0.29, 0.717) is 0 Å². The van der Waals surface area contributed by atoms with Crippen molar-refractivity contribution in [1.82, 2.24) is 4.90 Å². The summed E-state index contributed by atoms with van der Waals surface area (Å²) in [7, 11) is 0. The summed E-state index contributed by atoms with van der Waals surface area (Å²) < 4.78 is 60.1. The molecule has 2 aliphatic rings. The maximum atomic E-state index is 14.6. The minimum absolute atomic E-state index is 0.00434. The van der Waals surface area contributed by atoms with E-state index in [4.69, 9.17) is 27.3 Å². The number of aliphatic hydroxyl groups excluding tert-OH is 2. The van der Waals surface area contributed by atoms with Gasteiger partial charge in [0.15, 0.2) is 16.7 Å². The van der Waals surface area contributed by atoms with Crippen molar-refractivity contribution < 1.29 is 37.3 Å². The predicted molar refractivity (Wildman–Crippen MR) is 117 cm³/mol. The lowest BCUT2D eigenvalue weighted by atomic mass is 9.94. The van der Waals surface area contributed by atoms with Gasteiger partial charge in [0.25, 0.3) is 5.91 Å². The van der Waals surface area contributed by atoms with E-state index in [1.807, 2.05) is 0 Å². The second kappa shape index (κ2) is 9.32. The highest BCUT2D eigenvalue weighted by Gasteiger charge is 2.51. The topological polar surface area (TPSA) is 97.0 Å². The molecule has 0 bridgehead atoms. The van der Waals surface area contributed by atoms with Gasteiger partial charge in [0, 0.05) is 23.0 Å². The fraction of sp³-hybridized carbons (Fsp3) is 0.409. The van der Waals surface area contributed by atoms with Crippen LogP contribution in [-0.4, -0.2) is 57.2 Å². The highest BCUT2D eigenvalue weighted by molar-refractivity contribution is 7.80. The van der Waals surface area contributed by atoms with Crippen LogP contribution in [0.3, 0.4) is 0 Å². The van der Waals surface area contributed by atoms with Gasteiger partial charge in [-0.25, -0.2) is 4.39 Å². The molecular formula is C22H21F4N3O4S. The number of carbonyl (C=O) groups is 1. The van der Waals surface area contributed by atoms with Crippen LogP contribution in [0.1, 0.15) is 26.7 Å². The standard InChI is InChI=1S/C22H21F4N3O4S/c1-21(2)19(32)28(13-4-3-12(9-27)16(7-13)22(24,25)26)20(34)29(21)14-5-6-18(17(23)8-14)33-11-15(31)10-30/h5-8,15,30-31H,3-4,10-11H2,1-2H3. The second-order valence-electron chi connectivity index (χ2n) is 8.22. The number of carbonyl (C=O) groups excluding carboxylic acids is 1. The van der Waals surface area contributed by atoms with Gasteiger partial charge >= 0.3 is 6.18 Å². The molecule has 3 rings (SSSR count). The molecule has 1 aliphatic carbocycles. The van der Waals surface area contributed by atoms with Crippen LogP contribution in [-0.2, 0) is 4.79 Å². The van der Waals surface area contributed by atoms with Crippen LogP contribution in [0, 0.1) is 17.1 Å². The van der Waals surface area contributed by atoms with Gasteiger partial charge in [-0.3, -0.25) is 9.69 Å². The molecule has 34 heavy (non-hydrogen) atoms. The summed E-state index contributed by atoms with van der Waals surface area (Å²) in [6.07, 6.45) is -5.43. The van der Waals surface area contributed by atoms with E-state index in [-0.39, 0.29) is 41.7 Å². The van der Waals surface area contributed by atoms with Crippen molar-refractivity contribution in [1.29, 1.82) is 5.26 Å². The van der Waals surface area contributed by atoms with Crippen LogP contribution in [0.4, 0.5) is 23.2 Å². The van der Waals surface area contributed by atoms with Crippen LogP contribution >= 0.6 is 12.2 Å². The molecule has 0 radical (unpaired) electrons. The molecule has 1 amide bonds. The number of anilines is 1. The SMILES string of the molecule is CC1(C)C(=O)N(C2=CC(C(F)(F)F)=C(C#N)CC2)C(=S)N1c1ccc(OCC(O)CO)c(F)c1. The lowest BCUT2D eigenvalue weighted by molar-refractivity contribution is -0.128. The summed E-state index contributed by atoms with van der Waals surface area (Å²) in [5.41, 5.74) is -2.73. The molecule has 1 aromatic carbocycles. The quantitative estimate of drug-likeness (QED) is 0.458. The summed E-state index contributed by atoms with van der Waals surface area (Å²) in [6.45, 7) is 2.10. The van der Waals surface area contributed by atoms with E-state index in [1.54, 1.807) is 6.07 Å². The Kier molecular flexibility index (Phi) is 7.02. The van der Waals surface area contributed by atoms with E-state index in [0.717, 1.165) is 17.0 Å². The van der Waals surface area contributed by atoms with Crippen molar-refractivity contribution in [3.05, 3.63) is 46.9 Å². The van der Waals surface area contributed by atoms with Crippen LogP contribution in [0.2, 0.25) is 0 Å². The predicted octanol–water partition coefficient (Wildman–Crippen LogP) is 3.33. The number of hydrogen-bond acceptors (Lipinski definition) is 6. The largest absolute Gasteiger partial charge is 0.488 e. The lowest BCUT2D eigenvalue weighted by Crippen LogP contribution is -2.44. The molecule has 7 nitrogen and oxygen atoms in total. The Balaban J connectivity index is 1.96. The van der Waals surface area contributed by atoms with Crippen molar-refractivity contribution in [2.24, 2.45) is 0 Å². The maximum absolute atomic E-state index is 14.6. The number of nitriles is 1. The number of allylic oxidation sites excluding steroid dienone is 4. The number of benzene rings is 1. The third kappa shape index (κ3) is 4.64. The van der Waals surface area contributed by atoms with Crippen LogP contribution in [0.25, 0.3) is 0 Å². The van der Waals surface area contributed by atoms with Crippen molar-refractivity contribution in [2.45, 2.75) is 44.5 Å². The summed E-state index contributed by atoms with van der Waals surface area (Å²) in [5.74, 6) is -1.64. The number of ether oxygens (including phenoxy) is 1. The first kappa shape index (κ1) is 25.6. The third-order valence-electron chi connectivity index (χ3n) is 5.48. The minimum atomic E-state index is -4.78. The van der Waals surface area contributed by atoms with Gasteiger partial charge in [-0.1, -0.05) is 0 Å².